The third-order valence-corrected chi connectivity index (χ3v) is 5.51. The number of hydrogen-bond acceptors (Lipinski definition) is 5. The lowest BCUT2D eigenvalue weighted by Crippen LogP contribution is -3.10. The van der Waals surface area contributed by atoms with Gasteiger partial charge in [0.1, 0.15) is 30.1 Å². The molecule has 0 amide bonds. The third kappa shape index (κ3) is 4.22. The highest BCUT2D eigenvalue weighted by Crippen LogP contribution is 2.28. The molecule has 1 aromatic heterocycles. The van der Waals surface area contributed by atoms with Gasteiger partial charge in [0.05, 0.1) is 31.1 Å². The molecule has 0 radical (unpaired) electrons. The molecule has 6 nitrogen and oxygen atoms in total. The van der Waals surface area contributed by atoms with Crippen LogP contribution in [0.25, 0.3) is 11.0 Å². The molecule has 0 saturated carbocycles. The van der Waals surface area contributed by atoms with Gasteiger partial charge in [0.15, 0.2) is 5.58 Å². The van der Waals surface area contributed by atoms with E-state index in [2.05, 4.69) is 0 Å². The fourth-order valence-electron chi connectivity index (χ4n) is 3.90. The smallest absolute Gasteiger partial charge is 0.235 e. The van der Waals surface area contributed by atoms with E-state index in [0.29, 0.717) is 34.6 Å². The Morgan fingerprint density at radius 2 is 1.69 bits per heavy atom. The van der Waals surface area contributed by atoms with Crippen LogP contribution in [0.2, 0.25) is 0 Å². The molecule has 4 rings (SSSR count). The van der Waals surface area contributed by atoms with Crippen LogP contribution in [0.1, 0.15) is 31.2 Å². The number of methoxy groups -OCH3 is 1. The van der Waals surface area contributed by atoms with Crippen LogP contribution in [0.4, 0.5) is 0 Å². The summed E-state index contributed by atoms with van der Waals surface area (Å²) < 4.78 is 16.7. The number of hydrogen-bond donors (Lipinski definition) is 2. The molecule has 0 unspecified atom stereocenters. The lowest BCUT2D eigenvalue weighted by atomic mass is 10.1. The molecule has 2 N–H and O–H groups in total. The highest BCUT2D eigenvalue weighted by molar-refractivity contribution is 5.82. The van der Waals surface area contributed by atoms with E-state index >= 15 is 0 Å². The molecule has 1 fully saturated rings. The quantitative estimate of drug-likeness (QED) is 0.693. The molecule has 2 aromatic carbocycles. The van der Waals surface area contributed by atoms with Gasteiger partial charge in [-0.25, -0.2) is 0 Å². The van der Waals surface area contributed by atoms with Crippen LogP contribution >= 0.6 is 0 Å². The van der Waals surface area contributed by atoms with Crippen molar-refractivity contribution in [1.29, 1.82) is 0 Å². The van der Waals surface area contributed by atoms with Crippen molar-refractivity contribution in [1.82, 2.24) is 0 Å². The summed E-state index contributed by atoms with van der Waals surface area (Å²) in [5.74, 6) is 1.51. The standard InChI is InChI=1S/C23H25NO5/c1-27-16-6-8-17(9-7-16)29-21-15-28-23-18(22(21)26)10-11-20(25)19(23)14-24-12-4-2-3-5-13-24/h6-11,15,25H,2-5,12-14H2,1H3/p+1. The van der Waals surface area contributed by atoms with Gasteiger partial charge in [-0.1, -0.05) is 0 Å². The number of rotatable bonds is 5. The van der Waals surface area contributed by atoms with Crippen LogP contribution < -0.4 is 19.8 Å². The first kappa shape index (κ1) is 19.3. The summed E-state index contributed by atoms with van der Waals surface area (Å²) in [5, 5.41) is 10.9. The van der Waals surface area contributed by atoms with Crippen molar-refractivity contribution >= 4 is 11.0 Å². The zero-order chi connectivity index (χ0) is 20.2. The van der Waals surface area contributed by atoms with Gasteiger partial charge in [0.25, 0.3) is 0 Å². The predicted octanol–water partition coefficient (Wildman–Crippen LogP) is 3.26. The van der Waals surface area contributed by atoms with Gasteiger partial charge < -0.3 is 23.9 Å². The first-order valence-electron chi connectivity index (χ1n) is 10.1. The third-order valence-electron chi connectivity index (χ3n) is 5.51. The lowest BCUT2D eigenvalue weighted by molar-refractivity contribution is -0.913. The second-order valence-corrected chi connectivity index (χ2v) is 7.49. The van der Waals surface area contributed by atoms with E-state index in [0.717, 1.165) is 13.1 Å². The molecule has 1 saturated heterocycles. The molecular weight excluding hydrogens is 370 g/mol. The van der Waals surface area contributed by atoms with Crippen molar-refractivity contribution < 1.29 is 23.9 Å². The normalized spacial score (nSPS) is 15.2. The number of ether oxygens (including phenoxy) is 2. The number of quaternary nitrogens is 1. The van der Waals surface area contributed by atoms with E-state index in [-0.39, 0.29) is 16.9 Å². The minimum absolute atomic E-state index is 0.112. The van der Waals surface area contributed by atoms with E-state index in [1.165, 1.54) is 36.8 Å². The molecule has 0 bridgehead atoms. The predicted molar refractivity (Wildman–Crippen MR) is 110 cm³/mol. The van der Waals surface area contributed by atoms with E-state index in [1.807, 2.05) is 0 Å². The molecule has 2 heterocycles. The number of benzene rings is 2. The molecule has 0 aliphatic carbocycles. The fraction of sp³-hybridized carbons (Fsp3) is 0.348. The van der Waals surface area contributed by atoms with Gasteiger partial charge in [0, 0.05) is 0 Å². The minimum atomic E-state index is -0.255. The monoisotopic (exact) mass is 396 g/mol. The average molecular weight is 396 g/mol. The Morgan fingerprint density at radius 3 is 2.38 bits per heavy atom. The minimum Gasteiger partial charge on any atom is -0.507 e. The fourth-order valence-corrected chi connectivity index (χ4v) is 3.90. The Balaban J connectivity index is 1.65. The molecular formula is C23H26NO5+. The van der Waals surface area contributed by atoms with Gasteiger partial charge in [-0.3, -0.25) is 4.79 Å². The Labute approximate surface area is 169 Å². The van der Waals surface area contributed by atoms with E-state index in [9.17, 15) is 9.90 Å². The van der Waals surface area contributed by atoms with Crippen LogP contribution in [0, 0.1) is 0 Å². The van der Waals surface area contributed by atoms with Crippen LogP contribution in [-0.2, 0) is 6.54 Å². The SMILES string of the molecule is COc1ccc(Oc2coc3c(C[NH+]4CCCCCC4)c(O)ccc3c2=O)cc1. The Kier molecular flexibility index (Phi) is 5.71. The highest BCUT2D eigenvalue weighted by Gasteiger charge is 2.20. The summed E-state index contributed by atoms with van der Waals surface area (Å²) in [5.41, 5.74) is 0.871. The average Bonchev–Trinajstić information content (AvgIpc) is 3.01. The van der Waals surface area contributed by atoms with Crippen molar-refractivity contribution in [2.45, 2.75) is 32.2 Å². The van der Waals surface area contributed by atoms with Crippen molar-refractivity contribution in [3.8, 4) is 23.0 Å². The van der Waals surface area contributed by atoms with Gasteiger partial charge in [0.2, 0.25) is 11.2 Å². The summed E-state index contributed by atoms with van der Waals surface area (Å²) in [7, 11) is 1.59. The second-order valence-electron chi connectivity index (χ2n) is 7.49. The van der Waals surface area contributed by atoms with Crippen LogP contribution in [0.15, 0.2) is 51.9 Å². The van der Waals surface area contributed by atoms with E-state index < -0.39 is 0 Å². The molecule has 29 heavy (non-hydrogen) atoms. The summed E-state index contributed by atoms with van der Waals surface area (Å²) in [6, 6.07) is 10.2. The summed E-state index contributed by atoms with van der Waals surface area (Å²) >= 11 is 0. The van der Waals surface area contributed by atoms with Gasteiger partial charge in [-0.15, -0.1) is 0 Å². The molecule has 0 atom stereocenters. The first-order chi connectivity index (χ1) is 14.2. The Hall–Kier alpha value is -2.99. The Bertz CT molecular complexity index is 1030. The van der Waals surface area contributed by atoms with Crippen molar-refractivity contribution in [2.75, 3.05) is 20.2 Å². The summed E-state index contributed by atoms with van der Waals surface area (Å²) in [6.45, 7) is 2.78. The Morgan fingerprint density at radius 1 is 1.00 bits per heavy atom. The van der Waals surface area contributed by atoms with Crippen LogP contribution in [-0.4, -0.2) is 25.3 Å². The van der Waals surface area contributed by atoms with E-state index in [4.69, 9.17) is 13.9 Å². The van der Waals surface area contributed by atoms with Crippen LogP contribution in [0.3, 0.4) is 0 Å². The molecule has 0 spiro atoms. The topological polar surface area (TPSA) is 73.3 Å². The number of phenols is 1. The summed E-state index contributed by atoms with van der Waals surface area (Å²) in [4.78, 5) is 14.4. The van der Waals surface area contributed by atoms with Crippen LogP contribution in [0.5, 0.6) is 23.0 Å². The van der Waals surface area contributed by atoms with Crippen molar-refractivity contribution in [3.63, 3.8) is 0 Å². The number of fused-ring (bicyclic) bond motifs is 1. The molecule has 152 valence electrons. The van der Waals surface area contributed by atoms with Crippen molar-refractivity contribution in [2.24, 2.45) is 0 Å². The lowest BCUT2D eigenvalue weighted by Gasteiger charge is -2.18. The maximum Gasteiger partial charge on any atom is 0.235 e. The number of nitrogens with one attached hydrogen (secondary N) is 1. The molecule has 1 aliphatic rings. The van der Waals surface area contributed by atoms with Crippen molar-refractivity contribution in [3.05, 3.63) is 58.4 Å². The number of likely N-dealkylation sites (tertiary alicyclic amines) is 1. The molecule has 6 heteroatoms. The number of phenolic OH excluding ortho intramolecular Hbond substituents is 1. The second kappa shape index (κ2) is 8.57. The largest absolute Gasteiger partial charge is 0.507 e. The summed E-state index contributed by atoms with van der Waals surface area (Å²) in [6.07, 6.45) is 6.21. The van der Waals surface area contributed by atoms with Gasteiger partial charge >= 0.3 is 0 Å². The first-order valence-corrected chi connectivity index (χ1v) is 10.1. The maximum atomic E-state index is 13.0. The molecule has 3 aromatic rings. The zero-order valence-electron chi connectivity index (χ0n) is 16.6. The zero-order valence-corrected chi connectivity index (χ0v) is 16.6. The van der Waals surface area contributed by atoms with Gasteiger partial charge in [-0.05, 0) is 62.1 Å². The number of aromatic hydroxyl groups is 1. The highest BCUT2D eigenvalue weighted by atomic mass is 16.5. The molecule has 1 aliphatic heterocycles. The maximum absolute atomic E-state index is 13.0. The van der Waals surface area contributed by atoms with Gasteiger partial charge in [-0.2, -0.15) is 0 Å². The van der Waals surface area contributed by atoms with E-state index in [1.54, 1.807) is 43.5 Å².